The fraction of sp³-hybridized carbons (Fsp3) is 0.273. The molecule has 0 amide bonds. The third kappa shape index (κ3) is 3.10. The number of nitrogens with zero attached hydrogens (tertiary/aromatic N) is 1. The zero-order valence-electron chi connectivity index (χ0n) is 8.61. The monoisotopic (exact) mass is 331 g/mol. The van der Waals surface area contributed by atoms with Crippen molar-refractivity contribution in [3.63, 3.8) is 0 Å². The molecule has 0 aliphatic carbocycles. The molecular formula is C11H10INO3. The van der Waals surface area contributed by atoms with E-state index in [9.17, 15) is 4.79 Å². The Morgan fingerprint density at radius 3 is 2.88 bits per heavy atom. The van der Waals surface area contributed by atoms with E-state index in [1.54, 1.807) is 19.1 Å². The van der Waals surface area contributed by atoms with Gasteiger partial charge in [0.2, 0.25) is 0 Å². The molecule has 1 unspecified atom stereocenters. The van der Waals surface area contributed by atoms with Gasteiger partial charge in [0, 0.05) is 3.57 Å². The van der Waals surface area contributed by atoms with Crippen molar-refractivity contribution >= 4 is 28.6 Å². The first-order valence-electron chi connectivity index (χ1n) is 4.67. The van der Waals surface area contributed by atoms with Crippen LogP contribution < -0.4 is 4.74 Å². The number of carboxylic acid groups (broad SMARTS) is 1. The predicted molar refractivity (Wildman–Crippen MR) is 66.4 cm³/mol. The van der Waals surface area contributed by atoms with Gasteiger partial charge in [-0.25, -0.2) is 4.79 Å². The first-order chi connectivity index (χ1) is 7.58. The van der Waals surface area contributed by atoms with Gasteiger partial charge >= 0.3 is 5.97 Å². The van der Waals surface area contributed by atoms with Crippen LogP contribution in [0.1, 0.15) is 23.7 Å². The summed E-state index contributed by atoms with van der Waals surface area (Å²) in [6.07, 6.45) is -0.0974. The van der Waals surface area contributed by atoms with Crippen molar-refractivity contribution in [1.29, 1.82) is 5.26 Å². The van der Waals surface area contributed by atoms with E-state index < -0.39 is 12.1 Å². The SMILES string of the molecule is CCC(C#N)Oc1ccc(I)cc1C(=O)O. The van der Waals surface area contributed by atoms with E-state index in [4.69, 9.17) is 15.1 Å². The second-order valence-corrected chi connectivity index (χ2v) is 4.34. The van der Waals surface area contributed by atoms with Gasteiger partial charge in [-0.1, -0.05) is 6.92 Å². The van der Waals surface area contributed by atoms with E-state index in [0.29, 0.717) is 6.42 Å². The molecule has 1 N–H and O–H groups in total. The Labute approximate surface area is 107 Å². The van der Waals surface area contributed by atoms with Crippen molar-refractivity contribution in [3.05, 3.63) is 27.3 Å². The summed E-state index contributed by atoms with van der Waals surface area (Å²) >= 11 is 2.02. The predicted octanol–water partition coefficient (Wildman–Crippen LogP) is 2.67. The average molecular weight is 331 g/mol. The molecule has 4 nitrogen and oxygen atoms in total. The van der Waals surface area contributed by atoms with Gasteiger partial charge in [-0.05, 0) is 47.2 Å². The third-order valence-corrected chi connectivity index (χ3v) is 2.63. The highest BCUT2D eigenvalue weighted by atomic mass is 127. The minimum Gasteiger partial charge on any atom is -0.478 e. The summed E-state index contributed by atoms with van der Waals surface area (Å²) in [7, 11) is 0. The van der Waals surface area contributed by atoms with E-state index in [1.807, 2.05) is 28.7 Å². The minimum atomic E-state index is -1.05. The van der Waals surface area contributed by atoms with Crippen molar-refractivity contribution in [2.24, 2.45) is 0 Å². The molecule has 1 aromatic carbocycles. The molecule has 1 aromatic rings. The highest BCUT2D eigenvalue weighted by Gasteiger charge is 2.15. The number of aromatic carboxylic acids is 1. The van der Waals surface area contributed by atoms with Gasteiger partial charge < -0.3 is 9.84 Å². The molecule has 0 fully saturated rings. The molecule has 0 radical (unpaired) electrons. The Balaban J connectivity index is 3.04. The molecule has 1 atom stereocenters. The smallest absolute Gasteiger partial charge is 0.339 e. The molecule has 0 aliphatic rings. The van der Waals surface area contributed by atoms with E-state index >= 15 is 0 Å². The highest BCUT2D eigenvalue weighted by molar-refractivity contribution is 14.1. The first-order valence-corrected chi connectivity index (χ1v) is 5.75. The quantitative estimate of drug-likeness (QED) is 0.861. The molecule has 0 saturated carbocycles. The molecule has 0 bridgehead atoms. The number of hydrogen-bond donors (Lipinski definition) is 1. The van der Waals surface area contributed by atoms with Crippen LogP contribution in [0.25, 0.3) is 0 Å². The summed E-state index contributed by atoms with van der Waals surface area (Å²) in [5.41, 5.74) is 0.0839. The van der Waals surface area contributed by atoms with E-state index in [1.165, 1.54) is 6.07 Å². The molecule has 0 aliphatic heterocycles. The lowest BCUT2D eigenvalue weighted by atomic mass is 10.2. The number of carbonyl (C=O) groups is 1. The van der Waals surface area contributed by atoms with Crippen LogP contribution in [0, 0.1) is 14.9 Å². The lowest BCUT2D eigenvalue weighted by molar-refractivity contribution is 0.0690. The fourth-order valence-corrected chi connectivity index (χ4v) is 1.62. The number of ether oxygens (including phenoxy) is 1. The number of hydrogen-bond acceptors (Lipinski definition) is 3. The molecule has 1 rings (SSSR count). The zero-order chi connectivity index (χ0) is 12.1. The Hall–Kier alpha value is -1.29. The zero-order valence-corrected chi connectivity index (χ0v) is 10.8. The second-order valence-electron chi connectivity index (χ2n) is 3.09. The largest absolute Gasteiger partial charge is 0.478 e. The van der Waals surface area contributed by atoms with Crippen LogP contribution in [0.5, 0.6) is 5.75 Å². The van der Waals surface area contributed by atoms with Gasteiger partial charge in [-0.3, -0.25) is 0 Å². The van der Waals surface area contributed by atoms with Gasteiger partial charge in [-0.15, -0.1) is 0 Å². The van der Waals surface area contributed by atoms with Crippen LogP contribution >= 0.6 is 22.6 Å². The maximum absolute atomic E-state index is 11.0. The lowest BCUT2D eigenvalue weighted by Crippen LogP contribution is -2.14. The minimum absolute atomic E-state index is 0.0839. The third-order valence-electron chi connectivity index (χ3n) is 1.96. The van der Waals surface area contributed by atoms with Gasteiger partial charge in [-0.2, -0.15) is 5.26 Å². The Morgan fingerprint density at radius 2 is 2.38 bits per heavy atom. The molecule has 16 heavy (non-hydrogen) atoms. The number of nitriles is 1. The van der Waals surface area contributed by atoms with Crippen LogP contribution in [0.2, 0.25) is 0 Å². The van der Waals surface area contributed by atoms with Gasteiger partial charge in [0.05, 0.1) is 0 Å². The van der Waals surface area contributed by atoms with Crippen LogP contribution in [0.15, 0.2) is 18.2 Å². The summed E-state index contributed by atoms with van der Waals surface area (Å²) in [6.45, 7) is 1.81. The summed E-state index contributed by atoms with van der Waals surface area (Å²) in [5.74, 6) is -0.817. The van der Waals surface area contributed by atoms with Crippen molar-refractivity contribution < 1.29 is 14.6 Å². The van der Waals surface area contributed by atoms with Crippen LogP contribution in [-0.4, -0.2) is 17.2 Å². The molecule has 0 heterocycles. The van der Waals surface area contributed by atoms with Gasteiger partial charge in [0.25, 0.3) is 0 Å². The highest BCUT2D eigenvalue weighted by Crippen LogP contribution is 2.22. The summed E-state index contributed by atoms with van der Waals surface area (Å²) in [4.78, 5) is 11.0. The van der Waals surface area contributed by atoms with E-state index in [0.717, 1.165) is 3.57 Å². The molecule has 0 saturated heterocycles. The molecular weight excluding hydrogens is 321 g/mol. The van der Waals surface area contributed by atoms with Gasteiger partial charge in [0.1, 0.15) is 17.4 Å². The fourth-order valence-electron chi connectivity index (χ4n) is 1.13. The van der Waals surface area contributed by atoms with Crippen molar-refractivity contribution in [3.8, 4) is 11.8 Å². The summed E-state index contributed by atoms with van der Waals surface area (Å²) in [6, 6.07) is 6.80. The molecule has 84 valence electrons. The Bertz CT molecular complexity index is 439. The summed E-state index contributed by atoms with van der Waals surface area (Å²) < 4.78 is 6.13. The molecule has 0 spiro atoms. The van der Waals surface area contributed by atoms with E-state index in [-0.39, 0.29) is 11.3 Å². The Morgan fingerprint density at radius 1 is 1.69 bits per heavy atom. The van der Waals surface area contributed by atoms with Crippen molar-refractivity contribution in [2.75, 3.05) is 0 Å². The average Bonchev–Trinajstić information content (AvgIpc) is 2.27. The standard InChI is InChI=1S/C11H10INO3/c1-2-8(6-13)16-10-4-3-7(12)5-9(10)11(14)15/h3-5,8H,2H2,1H3,(H,14,15). The van der Waals surface area contributed by atoms with Gasteiger partial charge in [0.15, 0.2) is 6.10 Å². The van der Waals surface area contributed by atoms with Crippen LogP contribution in [-0.2, 0) is 0 Å². The first kappa shape index (κ1) is 12.8. The normalized spacial score (nSPS) is 11.6. The van der Waals surface area contributed by atoms with Crippen LogP contribution in [0.3, 0.4) is 0 Å². The summed E-state index contributed by atoms with van der Waals surface area (Å²) in [5, 5.41) is 17.7. The Kier molecular flexibility index (Phi) is 4.55. The van der Waals surface area contributed by atoms with E-state index in [2.05, 4.69) is 0 Å². The maximum Gasteiger partial charge on any atom is 0.339 e. The van der Waals surface area contributed by atoms with Crippen LogP contribution in [0.4, 0.5) is 0 Å². The maximum atomic E-state index is 11.0. The molecule has 0 aromatic heterocycles. The van der Waals surface area contributed by atoms with Crippen molar-refractivity contribution in [2.45, 2.75) is 19.4 Å². The second kappa shape index (κ2) is 5.70. The molecule has 5 heteroatoms. The lowest BCUT2D eigenvalue weighted by Gasteiger charge is -2.12. The topological polar surface area (TPSA) is 70.3 Å². The number of halogens is 1. The number of benzene rings is 1. The number of rotatable bonds is 4. The van der Waals surface area contributed by atoms with Crippen molar-refractivity contribution in [1.82, 2.24) is 0 Å². The number of carboxylic acids is 1.